The summed E-state index contributed by atoms with van der Waals surface area (Å²) < 4.78 is 39.2. The van der Waals surface area contributed by atoms with Crippen molar-refractivity contribution in [3.63, 3.8) is 0 Å². The standard InChI is InChI=1S/C68H64O8/c1-71-65(69)49-33-29-47(30-34-49)51-37-39-55-57(45-51)67(53-21-11-9-12-22-53)56-40-38-52(48-31-35-50(36-32-48)66(70)72-2)46-58(56)68(55,54-23-13-10-14-24-54)64-61-27-20-28-62(64)76-44-18-8-4-6-16-42-74-60-26-19-25-59(63(60)67)73-41-15-5-3-7-17-43-75-61/h9-14,19-40,45-46H,3-8,15-18,41-44H2,1-2H3. The fourth-order valence-corrected chi connectivity index (χ4v) is 12.1. The molecule has 2 heterocycles. The molecule has 0 fully saturated rings. The van der Waals surface area contributed by atoms with Crippen molar-refractivity contribution in [2.75, 3.05) is 40.6 Å². The molecular weight excluding hydrogens is 945 g/mol. The molecule has 11 rings (SSSR count). The van der Waals surface area contributed by atoms with Crippen LogP contribution in [0.4, 0.5) is 0 Å². The SMILES string of the molecule is COC(=O)c1ccc(-c2ccc3c(c2)C2(c4ccccc4)c4ccc(-c5ccc(C(=O)OC)cc5)cc4C3(c3ccccc3)c3c4cccc3OCCCCCCCOc3cccc(c32)OCCCCCCCO4)cc1. The lowest BCUT2D eigenvalue weighted by Crippen LogP contribution is -2.46. The Morgan fingerprint density at radius 1 is 0.342 bits per heavy atom. The van der Waals surface area contributed by atoms with Crippen LogP contribution in [0.5, 0.6) is 23.0 Å². The largest absolute Gasteiger partial charge is 0.493 e. The summed E-state index contributed by atoms with van der Waals surface area (Å²) in [7, 11) is 2.81. The van der Waals surface area contributed by atoms with E-state index in [1.54, 1.807) is 0 Å². The number of ether oxygens (including phenoxy) is 6. The lowest BCUT2D eigenvalue weighted by molar-refractivity contribution is 0.0592. The molecule has 3 aliphatic rings. The molecule has 0 saturated carbocycles. The highest BCUT2D eigenvalue weighted by Gasteiger charge is 2.57. The molecule has 384 valence electrons. The van der Waals surface area contributed by atoms with Crippen LogP contribution in [0.25, 0.3) is 22.3 Å². The number of rotatable bonds is 6. The molecule has 1 aliphatic carbocycles. The van der Waals surface area contributed by atoms with E-state index in [9.17, 15) is 9.59 Å². The van der Waals surface area contributed by atoms with Crippen LogP contribution < -0.4 is 18.9 Å². The van der Waals surface area contributed by atoms with Crippen LogP contribution in [0.3, 0.4) is 0 Å². The monoisotopic (exact) mass is 1010 g/mol. The molecule has 0 radical (unpaired) electrons. The molecule has 4 bridgehead atoms. The molecule has 8 aromatic carbocycles. The summed E-state index contributed by atoms with van der Waals surface area (Å²) >= 11 is 0. The molecule has 2 unspecified atom stereocenters. The second-order valence-corrected chi connectivity index (χ2v) is 20.1. The maximum atomic E-state index is 12.8. The van der Waals surface area contributed by atoms with Crippen LogP contribution in [0.2, 0.25) is 0 Å². The molecule has 8 nitrogen and oxygen atoms in total. The topological polar surface area (TPSA) is 89.5 Å². The van der Waals surface area contributed by atoms with Gasteiger partial charge in [0.05, 0.1) is 73.7 Å². The van der Waals surface area contributed by atoms with Gasteiger partial charge in [0.1, 0.15) is 23.0 Å². The minimum Gasteiger partial charge on any atom is -0.493 e. The summed E-state index contributed by atoms with van der Waals surface area (Å²) in [5.41, 5.74) is 10.5. The molecule has 0 spiro atoms. The van der Waals surface area contributed by atoms with Crippen LogP contribution in [-0.4, -0.2) is 52.6 Å². The molecule has 0 amide bonds. The Balaban J connectivity index is 1.37. The third-order valence-corrected chi connectivity index (χ3v) is 15.7. The van der Waals surface area contributed by atoms with Gasteiger partial charge in [0.2, 0.25) is 0 Å². The third-order valence-electron chi connectivity index (χ3n) is 15.7. The zero-order valence-corrected chi connectivity index (χ0v) is 43.5. The average molecular weight is 1010 g/mol. The van der Waals surface area contributed by atoms with E-state index < -0.39 is 22.8 Å². The van der Waals surface area contributed by atoms with Gasteiger partial charge in [0.15, 0.2) is 0 Å². The van der Waals surface area contributed by atoms with Gasteiger partial charge in [-0.3, -0.25) is 0 Å². The predicted octanol–water partition coefficient (Wildman–Crippen LogP) is 15.1. The molecular formula is C68H64O8. The van der Waals surface area contributed by atoms with Crippen molar-refractivity contribution in [3.8, 4) is 45.3 Å². The zero-order valence-electron chi connectivity index (χ0n) is 43.5. The van der Waals surface area contributed by atoms with Crippen LogP contribution in [0.1, 0.15) is 129 Å². The Labute approximate surface area is 446 Å². The Morgan fingerprint density at radius 3 is 0.987 bits per heavy atom. The first kappa shape index (κ1) is 50.1. The van der Waals surface area contributed by atoms with E-state index in [0.717, 1.165) is 154 Å². The highest BCUT2D eigenvalue weighted by molar-refractivity contribution is 5.91. The van der Waals surface area contributed by atoms with Crippen LogP contribution in [-0.2, 0) is 20.3 Å². The Kier molecular flexibility index (Phi) is 14.8. The summed E-state index contributed by atoms with van der Waals surface area (Å²) in [6.45, 7) is 2.13. The number of hydrogen-bond acceptors (Lipinski definition) is 8. The van der Waals surface area contributed by atoms with E-state index in [-0.39, 0.29) is 0 Å². The van der Waals surface area contributed by atoms with Gasteiger partial charge in [-0.25, -0.2) is 9.59 Å². The molecule has 2 aliphatic heterocycles. The van der Waals surface area contributed by atoms with E-state index in [1.165, 1.54) is 14.2 Å². The first-order valence-corrected chi connectivity index (χ1v) is 27.0. The van der Waals surface area contributed by atoms with Crippen molar-refractivity contribution in [3.05, 3.63) is 238 Å². The highest BCUT2D eigenvalue weighted by Crippen LogP contribution is 2.65. The summed E-state index contributed by atoms with van der Waals surface area (Å²) in [5.74, 6) is 2.26. The number of benzene rings is 8. The molecule has 0 N–H and O–H groups in total. The molecule has 76 heavy (non-hydrogen) atoms. The first-order chi connectivity index (χ1) is 37.5. The summed E-state index contributed by atoms with van der Waals surface area (Å²) in [4.78, 5) is 25.7. The lowest BCUT2D eigenvalue weighted by Gasteiger charge is -2.52. The number of esters is 2. The van der Waals surface area contributed by atoms with Crippen molar-refractivity contribution < 1.29 is 38.0 Å². The number of carbonyl (C=O) groups is 2. The van der Waals surface area contributed by atoms with Gasteiger partial charge in [-0.05, 0) is 142 Å². The maximum Gasteiger partial charge on any atom is 0.337 e. The second-order valence-electron chi connectivity index (χ2n) is 20.1. The molecule has 0 aromatic heterocycles. The van der Waals surface area contributed by atoms with E-state index in [2.05, 4.69) is 133 Å². The first-order valence-electron chi connectivity index (χ1n) is 27.0. The van der Waals surface area contributed by atoms with E-state index in [1.807, 2.05) is 48.5 Å². The maximum absolute atomic E-state index is 12.8. The summed E-state index contributed by atoms with van der Waals surface area (Å²) in [5, 5.41) is 0. The van der Waals surface area contributed by atoms with Crippen molar-refractivity contribution >= 4 is 11.9 Å². The van der Waals surface area contributed by atoms with Crippen molar-refractivity contribution in [1.29, 1.82) is 0 Å². The fourth-order valence-electron chi connectivity index (χ4n) is 12.1. The van der Waals surface area contributed by atoms with Gasteiger partial charge in [-0.15, -0.1) is 0 Å². The van der Waals surface area contributed by atoms with Gasteiger partial charge in [-0.2, -0.15) is 0 Å². The lowest BCUT2D eigenvalue weighted by atomic mass is 9.50. The number of hydrogen-bond donors (Lipinski definition) is 0. The van der Waals surface area contributed by atoms with Crippen LogP contribution in [0, 0.1) is 0 Å². The van der Waals surface area contributed by atoms with Crippen LogP contribution in [0.15, 0.2) is 182 Å². The minimum atomic E-state index is -1.11. The Bertz CT molecular complexity index is 3050. The Morgan fingerprint density at radius 2 is 0.658 bits per heavy atom. The third kappa shape index (κ3) is 9.18. The van der Waals surface area contributed by atoms with E-state index >= 15 is 0 Å². The highest BCUT2D eigenvalue weighted by atomic mass is 16.5. The quantitative estimate of drug-likeness (QED) is 0.152. The normalized spacial score (nSPS) is 18.6. The van der Waals surface area contributed by atoms with Gasteiger partial charge in [0.25, 0.3) is 0 Å². The van der Waals surface area contributed by atoms with Crippen molar-refractivity contribution in [2.45, 2.75) is 75.0 Å². The minimum absolute atomic E-state index is 0.392. The number of methoxy groups -OCH3 is 2. The van der Waals surface area contributed by atoms with Gasteiger partial charge in [-0.1, -0.05) is 160 Å². The predicted molar refractivity (Wildman–Crippen MR) is 298 cm³/mol. The van der Waals surface area contributed by atoms with Crippen molar-refractivity contribution in [2.24, 2.45) is 0 Å². The van der Waals surface area contributed by atoms with E-state index in [0.29, 0.717) is 37.6 Å². The fraction of sp³-hybridized carbons (Fsp3) is 0.265. The summed E-state index contributed by atoms with van der Waals surface area (Å²) in [6, 6.07) is 63.5. The van der Waals surface area contributed by atoms with Crippen molar-refractivity contribution in [1.82, 2.24) is 0 Å². The second kappa shape index (κ2) is 22.4. The number of carbonyl (C=O) groups excluding carboxylic acids is 2. The zero-order chi connectivity index (χ0) is 51.9. The van der Waals surface area contributed by atoms with Gasteiger partial charge in [0, 0.05) is 0 Å². The molecule has 2 atom stereocenters. The molecule has 8 aromatic rings. The average Bonchev–Trinajstić information content (AvgIpc) is 2.89. The van der Waals surface area contributed by atoms with E-state index in [4.69, 9.17) is 28.4 Å². The smallest absolute Gasteiger partial charge is 0.337 e. The van der Waals surface area contributed by atoms with Gasteiger partial charge >= 0.3 is 11.9 Å². The Hall–Kier alpha value is -8.10. The molecule has 8 heteroatoms. The van der Waals surface area contributed by atoms with Gasteiger partial charge < -0.3 is 28.4 Å². The molecule has 0 saturated heterocycles. The van der Waals surface area contributed by atoms with Crippen LogP contribution >= 0.6 is 0 Å². The summed E-state index contributed by atoms with van der Waals surface area (Å²) in [6.07, 6.45) is 9.77.